The largest absolute Gasteiger partial charge is 0.367 e. The Morgan fingerprint density at radius 3 is 1.80 bits per heavy atom. The fraction of sp³-hybridized carbons (Fsp3) is 0.0909. The number of hydrogen-bond donors (Lipinski definition) is 5. The zero-order chi connectivity index (χ0) is 26.3. The van der Waals surface area contributed by atoms with Crippen LogP contribution in [0, 0.1) is 0 Å². The van der Waals surface area contributed by atoms with Crippen molar-refractivity contribution in [3.63, 3.8) is 0 Å². The van der Waals surface area contributed by atoms with Crippen LogP contribution in [-0.2, 0) is 9.68 Å². The van der Waals surface area contributed by atoms with E-state index in [1.54, 1.807) is 42.5 Å². The molecule has 0 atom stereocenters. The number of carbonyl (C=O) groups excluding carboxylic acids is 1. The zero-order valence-corrected chi connectivity index (χ0v) is 20.3. The normalized spacial score (nSPS) is 10.8. The minimum absolute atomic E-state index is 0.0388. The van der Waals surface area contributed by atoms with Crippen LogP contribution in [0.4, 0.5) is 0 Å². The molecular weight excluding hydrogens is 495 g/mol. The molecule has 8 N–H and O–H groups in total. The topological polar surface area (TPSA) is 175 Å². The molecule has 0 aliphatic heterocycles. The molecule has 35 heavy (non-hydrogen) atoms. The molecule has 188 valence electrons. The standard InChI is InChI=1S/C11H13ClN4O.C7H5ClO.C4H10N4O/c1-2-7-17-16-11(13)15-14-8-9-5-3-4-6-10(9)12;8-7-4-2-1-3-6(7)5-9;1-2-3-9-8-4(5)7-6/h2-6,8H,1,7H2,(H3,13,15,16);1-5H;2H,1,3,6H2,(H3,5,7,8)/b14-8+;;. The lowest BCUT2D eigenvalue weighted by molar-refractivity contribution is 0.109. The number of guanidine groups is 2. The second kappa shape index (κ2) is 20.7. The lowest BCUT2D eigenvalue weighted by Crippen LogP contribution is -2.32. The van der Waals surface area contributed by atoms with Crippen LogP contribution in [0.15, 0.2) is 89.1 Å². The Hall–Kier alpha value is -3.90. The van der Waals surface area contributed by atoms with Crippen molar-refractivity contribution in [2.45, 2.75) is 0 Å². The summed E-state index contributed by atoms with van der Waals surface area (Å²) >= 11 is 11.5. The highest BCUT2D eigenvalue weighted by Gasteiger charge is 1.94. The second-order valence-electron chi connectivity index (χ2n) is 5.81. The summed E-state index contributed by atoms with van der Waals surface area (Å²) in [6, 6.07) is 14.2. The van der Waals surface area contributed by atoms with E-state index in [0.29, 0.717) is 28.8 Å². The van der Waals surface area contributed by atoms with Crippen molar-refractivity contribution in [1.82, 2.24) is 11.0 Å². The molecule has 2 aromatic carbocycles. The first kappa shape index (κ1) is 31.1. The number of hydrazone groups is 1. The summed E-state index contributed by atoms with van der Waals surface area (Å²) in [5.74, 6) is 4.84. The number of hydrogen-bond acceptors (Lipinski definition) is 7. The van der Waals surface area contributed by atoms with Crippen LogP contribution in [0.3, 0.4) is 0 Å². The van der Waals surface area contributed by atoms with Crippen molar-refractivity contribution in [2.75, 3.05) is 13.2 Å². The van der Waals surface area contributed by atoms with Crippen LogP contribution in [0.1, 0.15) is 15.9 Å². The average molecular weight is 523 g/mol. The number of halogens is 2. The maximum Gasteiger partial charge on any atom is 0.237 e. The van der Waals surface area contributed by atoms with Crippen LogP contribution in [0.5, 0.6) is 0 Å². The van der Waals surface area contributed by atoms with Crippen LogP contribution >= 0.6 is 23.2 Å². The van der Waals surface area contributed by atoms with Crippen molar-refractivity contribution in [2.24, 2.45) is 32.6 Å². The van der Waals surface area contributed by atoms with Crippen LogP contribution in [0.25, 0.3) is 0 Å². The van der Waals surface area contributed by atoms with Gasteiger partial charge in [0.25, 0.3) is 0 Å². The van der Waals surface area contributed by atoms with Gasteiger partial charge in [-0.05, 0) is 12.1 Å². The maximum absolute atomic E-state index is 10.1. The molecule has 2 rings (SSSR count). The Balaban J connectivity index is 0.000000543. The van der Waals surface area contributed by atoms with Gasteiger partial charge in [-0.15, -0.1) is 23.4 Å². The van der Waals surface area contributed by atoms with E-state index in [0.717, 1.165) is 11.8 Å². The van der Waals surface area contributed by atoms with Gasteiger partial charge in [0, 0.05) is 16.1 Å². The quantitative estimate of drug-likeness (QED) is 0.0634. The molecule has 0 bridgehead atoms. The molecule has 11 nitrogen and oxygen atoms in total. The Morgan fingerprint density at radius 2 is 1.37 bits per heavy atom. The molecule has 0 spiro atoms. The summed E-state index contributed by atoms with van der Waals surface area (Å²) in [4.78, 5) is 19.6. The molecule has 0 fully saturated rings. The van der Waals surface area contributed by atoms with Crippen LogP contribution in [0.2, 0.25) is 10.0 Å². The van der Waals surface area contributed by atoms with Crippen molar-refractivity contribution in [1.29, 1.82) is 0 Å². The van der Waals surface area contributed by atoms with Gasteiger partial charge < -0.3 is 17.3 Å². The van der Waals surface area contributed by atoms with Crippen LogP contribution in [-0.4, -0.2) is 37.6 Å². The van der Waals surface area contributed by atoms with Gasteiger partial charge in [-0.3, -0.25) is 14.5 Å². The number of carbonyl (C=O) groups is 1. The second-order valence-corrected chi connectivity index (χ2v) is 6.62. The van der Waals surface area contributed by atoms with Gasteiger partial charge in [0.1, 0.15) is 0 Å². The summed E-state index contributed by atoms with van der Waals surface area (Å²) in [5.41, 5.74) is 16.5. The predicted molar refractivity (Wildman–Crippen MR) is 142 cm³/mol. The van der Waals surface area contributed by atoms with Crippen molar-refractivity contribution in [3.05, 3.63) is 95.0 Å². The molecule has 2 aromatic rings. The molecule has 0 saturated heterocycles. The third-order valence-electron chi connectivity index (χ3n) is 3.19. The summed E-state index contributed by atoms with van der Waals surface area (Å²) in [5, 5.41) is 11.6. The van der Waals surface area contributed by atoms with E-state index >= 15 is 0 Å². The first-order chi connectivity index (χ1) is 16.9. The molecule has 0 radical (unpaired) electrons. The van der Waals surface area contributed by atoms with E-state index in [2.05, 4.69) is 44.3 Å². The number of nitrogens with one attached hydrogen (secondary N) is 2. The van der Waals surface area contributed by atoms with Gasteiger partial charge >= 0.3 is 0 Å². The Bertz CT molecular complexity index is 1000. The number of rotatable bonds is 9. The number of benzene rings is 2. The van der Waals surface area contributed by atoms with Crippen molar-refractivity contribution in [3.8, 4) is 0 Å². The highest BCUT2D eigenvalue weighted by atomic mass is 35.5. The number of aldehydes is 1. The summed E-state index contributed by atoms with van der Waals surface area (Å²) < 4.78 is 0. The highest BCUT2D eigenvalue weighted by Crippen LogP contribution is 2.12. The Labute approximate surface area is 213 Å². The monoisotopic (exact) mass is 522 g/mol. The van der Waals surface area contributed by atoms with E-state index in [9.17, 15) is 4.79 Å². The van der Waals surface area contributed by atoms with Gasteiger partial charge in [0.05, 0.1) is 24.5 Å². The molecule has 0 amide bonds. The van der Waals surface area contributed by atoms with Gasteiger partial charge in [0.2, 0.25) is 11.9 Å². The fourth-order valence-electron chi connectivity index (χ4n) is 1.70. The van der Waals surface area contributed by atoms with E-state index in [1.165, 1.54) is 6.21 Å². The predicted octanol–water partition coefficient (Wildman–Crippen LogP) is 2.73. The van der Waals surface area contributed by atoms with Crippen molar-refractivity contribution < 1.29 is 14.5 Å². The van der Waals surface area contributed by atoms with Gasteiger partial charge in [-0.2, -0.15) is 5.10 Å². The van der Waals surface area contributed by atoms with E-state index in [4.69, 9.17) is 45.3 Å². The van der Waals surface area contributed by atoms with Crippen molar-refractivity contribution >= 4 is 47.6 Å². The van der Waals surface area contributed by atoms with Gasteiger partial charge in [-0.1, -0.05) is 71.8 Å². The first-order valence-electron chi connectivity index (χ1n) is 9.71. The number of hydroxylamine groups is 2. The molecule has 0 aliphatic carbocycles. The number of nitrogens with two attached hydrogens (primary N) is 3. The third kappa shape index (κ3) is 16.4. The van der Waals surface area contributed by atoms with Crippen LogP contribution < -0.4 is 28.3 Å². The first-order valence-corrected chi connectivity index (χ1v) is 10.5. The average Bonchev–Trinajstić information content (AvgIpc) is 2.86. The molecule has 0 unspecified atom stereocenters. The molecule has 13 heteroatoms. The fourth-order valence-corrected chi connectivity index (χ4v) is 2.06. The lowest BCUT2D eigenvalue weighted by atomic mass is 10.2. The summed E-state index contributed by atoms with van der Waals surface area (Å²) in [7, 11) is 0. The number of nitrogens with zero attached hydrogens (tertiary/aromatic N) is 3. The minimum atomic E-state index is 0.0388. The minimum Gasteiger partial charge on any atom is -0.367 e. The Kier molecular flexibility index (Phi) is 18.4. The van der Waals surface area contributed by atoms with E-state index in [-0.39, 0.29) is 11.9 Å². The van der Waals surface area contributed by atoms with E-state index < -0.39 is 0 Å². The van der Waals surface area contributed by atoms with Gasteiger partial charge in [-0.25, -0.2) is 11.0 Å². The SMILES string of the molecule is C=CCONC(N)=N/N=C/c1ccccc1Cl.C=CCONC(N)=NN.O=Cc1ccccc1Cl. The Morgan fingerprint density at radius 1 is 0.886 bits per heavy atom. The van der Waals surface area contributed by atoms with E-state index in [1.807, 2.05) is 18.2 Å². The molecule has 0 saturated carbocycles. The molecule has 0 heterocycles. The zero-order valence-electron chi connectivity index (χ0n) is 18.8. The summed E-state index contributed by atoms with van der Waals surface area (Å²) in [6.07, 6.45) is 5.39. The highest BCUT2D eigenvalue weighted by molar-refractivity contribution is 6.33. The lowest BCUT2D eigenvalue weighted by Gasteiger charge is -2.00. The molecule has 0 aromatic heterocycles. The molecular formula is C22H28Cl2N8O3. The maximum atomic E-state index is 10.1. The smallest absolute Gasteiger partial charge is 0.237 e. The summed E-state index contributed by atoms with van der Waals surface area (Å²) in [6.45, 7) is 7.57. The third-order valence-corrected chi connectivity index (χ3v) is 3.88. The van der Waals surface area contributed by atoms with Gasteiger partial charge in [0.15, 0.2) is 6.29 Å². The molecule has 0 aliphatic rings.